The summed E-state index contributed by atoms with van der Waals surface area (Å²) in [5.41, 5.74) is 5.06. The average Bonchev–Trinajstić information content (AvgIpc) is 1.60. The third-order valence-electron chi connectivity index (χ3n) is 1.96. The Morgan fingerprint density at radius 3 is 2.00 bits per heavy atom. The van der Waals surface area contributed by atoms with Crippen molar-refractivity contribution >= 4 is 5.91 Å². The zero-order valence-corrected chi connectivity index (χ0v) is 7.22. The van der Waals surface area contributed by atoms with E-state index in [1.807, 2.05) is 14.1 Å². The van der Waals surface area contributed by atoms with Gasteiger partial charge in [0.15, 0.2) is 6.54 Å². The molecule has 60 valence electrons. The Bertz CT molecular complexity index is 130. The molecule has 0 spiro atoms. The second kappa shape index (κ2) is 3.01. The number of carbonyl (C=O) groups is 1. The molecule has 2 N–H and O–H groups in total. The van der Waals surface area contributed by atoms with Gasteiger partial charge in [-0.15, -0.1) is 0 Å². The van der Waals surface area contributed by atoms with Crippen LogP contribution in [0, 0.1) is 0 Å². The SMILES string of the molecule is CC(C)[N+](C)(C)CC(N)=O. The Kier molecular flexibility index (Phi) is 2.84. The van der Waals surface area contributed by atoms with Crippen molar-refractivity contribution in [2.75, 3.05) is 20.6 Å². The fourth-order valence-electron chi connectivity index (χ4n) is 0.584. The summed E-state index contributed by atoms with van der Waals surface area (Å²) in [6, 6.07) is 0.437. The molecule has 0 unspecified atom stereocenters. The summed E-state index contributed by atoms with van der Waals surface area (Å²) in [4.78, 5) is 10.5. The summed E-state index contributed by atoms with van der Waals surface area (Å²) in [5.74, 6) is -0.237. The van der Waals surface area contributed by atoms with E-state index in [4.69, 9.17) is 5.73 Å². The van der Waals surface area contributed by atoms with E-state index in [-0.39, 0.29) is 5.91 Å². The number of hydrogen-bond acceptors (Lipinski definition) is 1. The quantitative estimate of drug-likeness (QED) is 0.556. The summed E-state index contributed by atoms with van der Waals surface area (Å²) < 4.78 is 0.662. The monoisotopic (exact) mass is 145 g/mol. The van der Waals surface area contributed by atoms with Gasteiger partial charge in [-0.1, -0.05) is 0 Å². The van der Waals surface area contributed by atoms with E-state index in [1.165, 1.54) is 0 Å². The molecular weight excluding hydrogens is 128 g/mol. The molecule has 0 saturated heterocycles. The number of likely N-dealkylation sites (N-methyl/N-ethyl adjacent to an activating group) is 1. The Morgan fingerprint density at radius 2 is 1.90 bits per heavy atom. The van der Waals surface area contributed by atoms with Crippen molar-refractivity contribution in [2.24, 2.45) is 5.73 Å². The highest BCUT2D eigenvalue weighted by Gasteiger charge is 2.21. The van der Waals surface area contributed by atoms with Gasteiger partial charge in [-0.2, -0.15) is 0 Å². The highest BCUT2D eigenvalue weighted by Crippen LogP contribution is 2.03. The number of amides is 1. The predicted molar refractivity (Wildman–Crippen MR) is 41.3 cm³/mol. The highest BCUT2D eigenvalue weighted by atomic mass is 16.1. The number of hydrogen-bond donors (Lipinski definition) is 1. The fraction of sp³-hybridized carbons (Fsp3) is 0.857. The van der Waals surface area contributed by atoms with E-state index in [0.717, 1.165) is 0 Å². The third kappa shape index (κ3) is 2.82. The predicted octanol–water partition coefficient (Wildman–Crippen LogP) is -0.0435. The van der Waals surface area contributed by atoms with Gasteiger partial charge in [-0.25, -0.2) is 0 Å². The van der Waals surface area contributed by atoms with Crippen LogP contribution in [0.1, 0.15) is 13.8 Å². The molecular formula is C7H17N2O+. The van der Waals surface area contributed by atoms with Gasteiger partial charge in [-0.05, 0) is 13.8 Å². The molecule has 0 saturated carbocycles. The molecule has 0 aromatic carbocycles. The number of nitrogens with two attached hydrogens (primary N) is 1. The minimum atomic E-state index is -0.237. The first-order valence-electron chi connectivity index (χ1n) is 3.47. The first-order chi connectivity index (χ1) is 4.36. The Balaban J connectivity index is 3.99. The Morgan fingerprint density at radius 1 is 1.50 bits per heavy atom. The summed E-state index contributed by atoms with van der Waals surface area (Å²) in [5, 5.41) is 0. The van der Waals surface area contributed by atoms with E-state index < -0.39 is 0 Å². The number of nitrogens with zero attached hydrogens (tertiary/aromatic N) is 1. The molecule has 0 rings (SSSR count). The van der Waals surface area contributed by atoms with Crippen molar-refractivity contribution in [3.05, 3.63) is 0 Å². The van der Waals surface area contributed by atoms with Crippen LogP contribution in [0.25, 0.3) is 0 Å². The number of carbonyl (C=O) groups excluding carboxylic acids is 1. The minimum Gasteiger partial charge on any atom is -0.365 e. The second-order valence-electron chi connectivity index (χ2n) is 3.50. The van der Waals surface area contributed by atoms with E-state index >= 15 is 0 Å². The molecule has 0 bridgehead atoms. The van der Waals surface area contributed by atoms with Crippen molar-refractivity contribution in [1.82, 2.24) is 0 Å². The van der Waals surface area contributed by atoms with Crippen LogP contribution in [-0.4, -0.2) is 37.1 Å². The molecule has 0 aromatic rings. The maximum absolute atomic E-state index is 10.5. The topological polar surface area (TPSA) is 43.1 Å². The van der Waals surface area contributed by atoms with Crippen LogP contribution < -0.4 is 5.73 Å². The largest absolute Gasteiger partial charge is 0.365 e. The van der Waals surface area contributed by atoms with E-state index in [2.05, 4.69) is 13.8 Å². The van der Waals surface area contributed by atoms with Gasteiger partial charge < -0.3 is 10.2 Å². The lowest BCUT2D eigenvalue weighted by Gasteiger charge is -2.32. The molecule has 0 heterocycles. The molecule has 3 nitrogen and oxygen atoms in total. The summed E-state index contributed by atoms with van der Waals surface area (Å²) in [6.07, 6.45) is 0. The van der Waals surface area contributed by atoms with Crippen molar-refractivity contribution < 1.29 is 9.28 Å². The molecule has 3 heteroatoms. The van der Waals surface area contributed by atoms with Gasteiger partial charge in [-0.3, -0.25) is 4.79 Å². The normalized spacial score (nSPS) is 12.1. The van der Waals surface area contributed by atoms with Gasteiger partial charge >= 0.3 is 0 Å². The molecule has 0 atom stereocenters. The van der Waals surface area contributed by atoms with Crippen LogP contribution in [-0.2, 0) is 4.79 Å². The summed E-state index contributed by atoms with van der Waals surface area (Å²) in [6.45, 7) is 4.56. The summed E-state index contributed by atoms with van der Waals surface area (Å²) in [7, 11) is 3.99. The standard InChI is InChI=1S/C7H16N2O/c1-6(2)9(3,4)5-7(8)10/h6H,5H2,1-4H3,(H-,8,10)/p+1. The van der Waals surface area contributed by atoms with Gasteiger partial charge in [0, 0.05) is 0 Å². The Labute approximate surface area is 62.4 Å². The zero-order valence-electron chi connectivity index (χ0n) is 7.22. The lowest BCUT2D eigenvalue weighted by atomic mass is 10.3. The van der Waals surface area contributed by atoms with Crippen LogP contribution in [0.4, 0.5) is 0 Å². The average molecular weight is 145 g/mol. The lowest BCUT2D eigenvalue weighted by Crippen LogP contribution is -2.50. The maximum Gasteiger partial charge on any atom is 0.272 e. The number of primary amides is 1. The van der Waals surface area contributed by atoms with Crippen molar-refractivity contribution in [2.45, 2.75) is 19.9 Å². The van der Waals surface area contributed by atoms with E-state index in [0.29, 0.717) is 17.1 Å². The van der Waals surface area contributed by atoms with Crippen LogP contribution in [0.15, 0.2) is 0 Å². The lowest BCUT2D eigenvalue weighted by molar-refractivity contribution is -0.903. The van der Waals surface area contributed by atoms with Gasteiger partial charge in [0.2, 0.25) is 0 Å². The molecule has 0 aliphatic carbocycles. The third-order valence-corrected chi connectivity index (χ3v) is 1.96. The van der Waals surface area contributed by atoms with Gasteiger partial charge in [0.25, 0.3) is 5.91 Å². The van der Waals surface area contributed by atoms with Crippen LogP contribution in [0.5, 0.6) is 0 Å². The zero-order chi connectivity index (χ0) is 8.36. The van der Waals surface area contributed by atoms with Crippen molar-refractivity contribution in [1.29, 1.82) is 0 Å². The smallest absolute Gasteiger partial charge is 0.272 e. The molecule has 0 fully saturated rings. The first kappa shape index (κ1) is 9.43. The first-order valence-corrected chi connectivity index (χ1v) is 3.47. The molecule has 10 heavy (non-hydrogen) atoms. The van der Waals surface area contributed by atoms with Crippen LogP contribution in [0.3, 0.4) is 0 Å². The summed E-state index contributed by atoms with van der Waals surface area (Å²) >= 11 is 0. The Hall–Kier alpha value is -0.570. The van der Waals surface area contributed by atoms with E-state index in [1.54, 1.807) is 0 Å². The van der Waals surface area contributed by atoms with Crippen molar-refractivity contribution in [3.63, 3.8) is 0 Å². The van der Waals surface area contributed by atoms with Gasteiger partial charge in [0.1, 0.15) is 0 Å². The molecule has 0 radical (unpaired) electrons. The molecule has 1 amide bonds. The number of rotatable bonds is 3. The van der Waals surface area contributed by atoms with Crippen LogP contribution in [0.2, 0.25) is 0 Å². The van der Waals surface area contributed by atoms with Crippen molar-refractivity contribution in [3.8, 4) is 0 Å². The molecule has 0 aliphatic rings. The second-order valence-corrected chi connectivity index (χ2v) is 3.50. The van der Waals surface area contributed by atoms with E-state index in [9.17, 15) is 4.79 Å². The van der Waals surface area contributed by atoms with Crippen LogP contribution >= 0.6 is 0 Å². The molecule has 0 aliphatic heterocycles. The highest BCUT2D eigenvalue weighted by molar-refractivity contribution is 5.74. The molecule has 0 aromatic heterocycles. The van der Waals surface area contributed by atoms with Gasteiger partial charge in [0.05, 0.1) is 20.1 Å². The maximum atomic E-state index is 10.5. The minimum absolute atomic E-state index is 0.237. The number of quaternary nitrogens is 1. The fourth-order valence-corrected chi connectivity index (χ4v) is 0.584.